The van der Waals surface area contributed by atoms with Crippen LogP contribution in [0.1, 0.15) is 48.2 Å². The molecule has 0 unspecified atom stereocenters. The van der Waals surface area contributed by atoms with Crippen molar-refractivity contribution in [3.63, 3.8) is 0 Å². The zero-order valence-electron chi connectivity index (χ0n) is 12.9. The number of sulfonamides is 1. The highest BCUT2D eigenvalue weighted by Crippen LogP contribution is 2.21. The van der Waals surface area contributed by atoms with Gasteiger partial charge in [-0.25, -0.2) is 17.9 Å². The molecule has 0 amide bonds. The lowest BCUT2D eigenvalue weighted by molar-refractivity contribution is 0.0696. The third-order valence-corrected chi connectivity index (χ3v) is 4.99. The Morgan fingerprint density at radius 3 is 2.43 bits per heavy atom. The van der Waals surface area contributed by atoms with Crippen molar-refractivity contribution in [3.05, 3.63) is 28.8 Å². The van der Waals surface area contributed by atoms with Gasteiger partial charge in [-0.15, -0.1) is 0 Å². The van der Waals surface area contributed by atoms with Crippen LogP contribution in [-0.4, -0.2) is 26.0 Å². The first-order valence-electron chi connectivity index (χ1n) is 6.99. The van der Waals surface area contributed by atoms with E-state index in [9.17, 15) is 13.2 Å². The van der Waals surface area contributed by atoms with E-state index < -0.39 is 16.0 Å². The largest absolute Gasteiger partial charge is 0.478 e. The number of benzene rings is 1. The van der Waals surface area contributed by atoms with Crippen molar-refractivity contribution in [3.8, 4) is 0 Å². The summed E-state index contributed by atoms with van der Waals surface area (Å²) >= 11 is 0. The normalized spacial score (nSPS) is 11.9. The monoisotopic (exact) mass is 313 g/mol. The van der Waals surface area contributed by atoms with Gasteiger partial charge in [-0.1, -0.05) is 13.8 Å². The van der Waals surface area contributed by atoms with Crippen LogP contribution < -0.4 is 4.72 Å². The molecule has 1 rings (SSSR count). The molecule has 0 atom stereocenters. The molecule has 118 valence electrons. The first-order chi connectivity index (χ1) is 9.65. The van der Waals surface area contributed by atoms with E-state index in [1.807, 2.05) is 0 Å². The number of carbonyl (C=O) groups is 1. The lowest BCUT2D eigenvalue weighted by Gasteiger charge is -2.13. The molecule has 0 saturated heterocycles. The van der Waals surface area contributed by atoms with Crippen LogP contribution in [0.5, 0.6) is 0 Å². The van der Waals surface area contributed by atoms with Gasteiger partial charge in [-0.2, -0.15) is 0 Å². The molecular weight excluding hydrogens is 290 g/mol. The maximum absolute atomic E-state index is 12.3. The quantitative estimate of drug-likeness (QED) is 0.758. The van der Waals surface area contributed by atoms with Crippen LogP contribution >= 0.6 is 0 Å². The van der Waals surface area contributed by atoms with Gasteiger partial charge in [0.15, 0.2) is 0 Å². The van der Waals surface area contributed by atoms with Crippen molar-refractivity contribution in [1.82, 2.24) is 4.72 Å². The maximum atomic E-state index is 12.3. The smallest absolute Gasteiger partial charge is 0.335 e. The number of hydrogen-bond acceptors (Lipinski definition) is 3. The van der Waals surface area contributed by atoms with Gasteiger partial charge in [-0.05, 0) is 55.9 Å². The zero-order chi connectivity index (χ0) is 16.2. The average molecular weight is 313 g/mol. The number of aryl methyl sites for hydroxylation is 1. The van der Waals surface area contributed by atoms with Gasteiger partial charge in [0.25, 0.3) is 0 Å². The third kappa shape index (κ3) is 4.82. The molecule has 0 bridgehead atoms. The first-order valence-corrected chi connectivity index (χ1v) is 8.47. The number of carboxylic acid groups (broad SMARTS) is 1. The van der Waals surface area contributed by atoms with Crippen molar-refractivity contribution < 1.29 is 18.3 Å². The van der Waals surface area contributed by atoms with E-state index >= 15 is 0 Å². The summed E-state index contributed by atoms with van der Waals surface area (Å²) in [5.41, 5.74) is 1.22. The predicted molar refractivity (Wildman–Crippen MR) is 82.1 cm³/mol. The van der Waals surface area contributed by atoms with Crippen LogP contribution in [0, 0.1) is 19.8 Å². The molecule has 0 saturated carbocycles. The number of nitrogens with one attached hydrogen (secondary N) is 1. The lowest BCUT2D eigenvalue weighted by Crippen LogP contribution is -2.26. The summed E-state index contributed by atoms with van der Waals surface area (Å²) in [4.78, 5) is 11.1. The van der Waals surface area contributed by atoms with Crippen LogP contribution in [0.15, 0.2) is 17.0 Å². The molecular formula is C15H23NO4S. The molecule has 0 aromatic heterocycles. The molecule has 1 aromatic rings. The molecule has 0 spiro atoms. The van der Waals surface area contributed by atoms with E-state index in [1.54, 1.807) is 13.8 Å². The van der Waals surface area contributed by atoms with E-state index in [-0.39, 0.29) is 10.5 Å². The summed E-state index contributed by atoms with van der Waals surface area (Å²) in [6, 6.07) is 2.70. The molecule has 0 radical (unpaired) electrons. The fraction of sp³-hybridized carbons (Fsp3) is 0.533. The number of hydrogen-bond donors (Lipinski definition) is 2. The first kappa shape index (κ1) is 17.7. The molecule has 0 aliphatic rings. The summed E-state index contributed by atoms with van der Waals surface area (Å²) in [5, 5.41) is 9.05. The summed E-state index contributed by atoms with van der Waals surface area (Å²) in [5.74, 6) is -0.608. The Balaban J connectivity index is 2.99. The number of rotatable bonds is 7. The fourth-order valence-corrected chi connectivity index (χ4v) is 3.44. The minimum absolute atomic E-state index is 0.0133. The number of aromatic carboxylic acids is 1. The Bertz CT molecular complexity index is 621. The second-order valence-corrected chi connectivity index (χ2v) is 7.39. The van der Waals surface area contributed by atoms with Crippen LogP contribution in [0.3, 0.4) is 0 Å². The van der Waals surface area contributed by atoms with Gasteiger partial charge in [0.1, 0.15) is 0 Å². The molecule has 2 N–H and O–H groups in total. The SMILES string of the molecule is Cc1cc(C(=O)O)cc(S(=O)(=O)NCCCC(C)C)c1C. The minimum Gasteiger partial charge on any atom is -0.478 e. The second-order valence-electron chi connectivity index (χ2n) is 5.66. The maximum Gasteiger partial charge on any atom is 0.335 e. The van der Waals surface area contributed by atoms with E-state index in [2.05, 4.69) is 18.6 Å². The fourth-order valence-electron chi connectivity index (χ4n) is 2.02. The topological polar surface area (TPSA) is 83.5 Å². The molecule has 0 heterocycles. The lowest BCUT2D eigenvalue weighted by atomic mass is 10.1. The zero-order valence-corrected chi connectivity index (χ0v) is 13.8. The second kappa shape index (κ2) is 7.04. The summed E-state index contributed by atoms with van der Waals surface area (Å²) in [6.45, 7) is 7.91. The van der Waals surface area contributed by atoms with Crippen molar-refractivity contribution in [2.45, 2.75) is 45.4 Å². The van der Waals surface area contributed by atoms with Crippen LogP contribution in [0.2, 0.25) is 0 Å². The molecule has 5 nitrogen and oxygen atoms in total. The highest BCUT2D eigenvalue weighted by atomic mass is 32.2. The van der Waals surface area contributed by atoms with E-state index in [0.29, 0.717) is 23.6 Å². The molecule has 6 heteroatoms. The van der Waals surface area contributed by atoms with Gasteiger partial charge in [-0.3, -0.25) is 0 Å². The van der Waals surface area contributed by atoms with Gasteiger partial charge < -0.3 is 5.11 Å². The molecule has 0 aliphatic carbocycles. The standard InChI is InChI=1S/C15H23NO4S/c1-10(2)6-5-7-16-21(19,20)14-9-13(15(17)18)8-11(3)12(14)4/h8-10,16H,5-7H2,1-4H3,(H,17,18). The van der Waals surface area contributed by atoms with E-state index in [4.69, 9.17) is 5.11 Å². The third-order valence-electron chi connectivity index (χ3n) is 3.41. The van der Waals surface area contributed by atoms with Gasteiger partial charge in [0.05, 0.1) is 10.5 Å². The predicted octanol–water partition coefficient (Wildman–Crippen LogP) is 2.72. The average Bonchev–Trinajstić information content (AvgIpc) is 2.37. The van der Waals surface area contributed by atoms with E-state index in [0.717, 1.165) is 12.8 Å². The van der Waals surface area contributed by atoms with E-state index in [1.165, 1.54) is 12.1 Å². The number of carboxylic acids is 1. The Morgan fingerprint density at radius 1 is 1.29 bits per heavy atom. The molecule has 0 fully saturated rings. The van der Waals surface area contributed by atoms with Gasteiger partial charge in [0.2, 0.25) is 10.0 Å². The van der Waals surface area contributed by atoms with Gasteiger partial charge >= 0.3 is 5.97 Å². The Labute approximate surface area is 126 Å². The van der Waals surface area contributed by atoms with Crippen LogP contribution in [-0.2, 0) is 10.0 Å². The minimum atomic E-state index is -3.68. The van der Waals surface area contributed by atoms with Crippen LogP contribution in [0.4, 0.5) is 0 Å². The molecule has 0 aliphatic heterocycles. The Morgan fingerprint density at radius 2 is 1.90 bits per heavy atom. The Kier molecular flexibility index (Phi) is 5.92. The summed E-state index contributed by atoms with van der Waals surface area (Å²) in [7, 11) is -3.68. The van der Waals surface area contributed by atoms with Gasteiger partial charge in [0, 0.05) is 6.54 Å². The van der Waals surface area contributed by atoms with Crippen LogP contribution in [0.25, 0.3) is 0 Å². The van der Waals surface area contributed by atoms with Crippen molar-refractivity contribution in [2.24, 2.45) is 5.92 Å². The highest BCUT2D eigenvalue weighted by Gasteiger charge is 2.20. The van der Waals surface area contributed by atoms with Crippen molar-refractivity contribution >= 4 is 16.0 Å². The van der Waals surface area contributed by atoms with Crippen molar-refractivity contribution in [1.29, 1.82) is 0 Å². The Hall–Kier alpha value is -1.40. The van der Waals surface area contributed by atoms with Crippen molar-refractivity contribution in [2.75, 3.05) is 6.54 Å². The molecule has 1 aromatic carbocycles. The summed E-state index contributed by atoms with van der Waals surface area (Å²) < 4.78 is 27.2. The summed E-state index contributed by atoms with van der Waals surface area (Å²) in [6.07, 6.45) is 1.70. The highest BCUT2D eigenvalue weighted by molar-refractivity contribution is 7.89. The molecule has 21 heavy (non-hydrogen) atoms.